The highest BCUT2D eigenvalue weighted by molar-refractivity contribution is 5.69. The monoisotopic (exact) mass is 224 g/mol. The summed E-state index contributed by atoms with van der Waals surface area (Å²) in [5, 5.41) is 0. The SMILES string of the molecule is CCCCC/C=C\C/C=C\CCC(=O)OC. The molecule has 0 aliphatic rings. The van der Waals surface area contributed by atoms with Crippen LogP contribution >= 0.6 is 0 Å². The van der Waals surface area contributed by atoms with Crippen molar-refractivity contribution < 1.29 is 9.53 Å². The predicted molar refractivity (Wildman–Crippen MR) is 68.3 cm³/mol. The van der Waals surface area contributed by atoms with E-state index in [2.05, 4.69) is 29.9 Å². The molecule has 0 aliphatic heterocycles. The lowest BCUT2D eigenvalue weighted by molar-refractivity contribution is -0.140. The van der Waals surface area contributed by atoms with E-state index >= 15 is 0 Å². The zero-order chi connectivity index (χ0) is 12.1. The molecule has 92 valence electrons. The number of carbonyl (C=O) groups excluding carboxylic acids is 1. The van der Waals surface area contributed by atoms with Crippen molar-refractivity contribution in [2.45, 2.75) is 51.9 Å². The van der Waals surface area contributed by atoms with Gasteiger partial charge in [-0.1, -0.05) is 44.1 Å². The zero-order valence-corrected chi connectivity index (χ0v) is 10.6. The summed E-state index contributed by atoms with van der Waals surface area (Å²) < 4.78 is 4.55. The minimum atomic E-state index is -0.139. The van der Waals surface area contributed by atoms with Crippen molar-refractivity contribution in [2.75, 3.05) is 7.11 Å². The Labute approximate surface area is 99.4 Å². The summed E-state index contributed by atoms with van der Waals surface area (Å²) in [4.78, 5) is 10.8. The number of carbonyl (C=O) groups is 1. The van der Waals surface area contributed by atoms with Crippen molar-refractivity contribution in [2.24, 2.45) is 0 Å². The van der Waals surface area contributed by atoms with Crippen LogP contribution in [0, 0.1) is 0 Å². The standard InChI is InChI=1S/C14H24O2/c1-3-4-5-6-7-8-9-10-11-12-13-14(15)16-2/h7-8,10-11H,3-6,9,12-13H2,1-2H3/b8-7-,11-10-. The lowest BCUT2D eigenvalue weighted by Gasteiger charge is -1.93. The molecule has 16 heavy (non-hydrogen) atoms. The minimum absolute atomic E-state index is 0.139. The van der Waals surface area contributed by atoms with Gasteiger partial charge in [-0.25, -0.2) is 0 Å². The average Bonchev–Trinajstić information content (AvgIpc) is 2.31. The first-order valence-corrected chi connectivity index (χ1v) is 6.18. The number of rotatable bonds is 9. The molecule has 0 unspecified atom stereocenters. The second-order valence-corrected chi connectivity index (χ2v) is 3.79. The minimum Gasteiger partial charge on any atom is -0.469 e. The van der Waals surface area contributed by atoms with Crippen LogP contribution in [0.3, 0.4) is 0 Å². The molecule has 0 amide bonds. The van der Waals surface area contributed by atoms with E-state index in [1.165, 1.54) is 32.8 Å². The van der Waals surface area contributed by atoms with Crippen LogP contribution in [-0.2, 0) is 9.53 Å². The number of unbranched alkanes of at least 4 members (excludes halogenated alkanes) is 3. The fourth-order valence-electron chi connectivity index (χ4n) is 1.32. The highest BCUT2D eigenvalue weighted by atomic mass is 16.5. The molecular weight excluding hydrogens is 200 g/mol. The van der Waals surface area contributed by atoms with Crippen molar-refractivity contribution >= 4 is 5.97 Å². The summed E-state index contributed by atoms with van der Waals surface area (Å²) in [6.07, 6.45) is 15.8. The van der Waals surface area contributed by atoms with Gasteiger partial charge in [0, 0.05) is 6.42 Å². The first kappa shape index (κ1) is 14.9. The highest BCUT2D eigenvalue weighted by Crippen LogP contribution is 2.01. The van der Waals surface area contributed by atoms with Gasteiger partial charge >= 0.3 is 5.97 Å². The van der Waals surface area contributed by atoms with Gasteiger partial charge in [-0.05, 0) is 25.7 Å². The second kappa shape index (κ2) is 12.0. The molecule has 0 bridgehead atoms. The molecule has 0 saturated heterocycles. The van der Waals surface area contributed by atoms with Crippen molar-refractivity contribution in [3.05, 3.63) is 24.3 Å². The molecule has 0 aromatic carbocycles. The Kier molecular flexibility index (Phi) is 11.2. The van der Waals surface area contributed by atoms with E-state index in [0.717, 1.165) is 12.8 Å². The molecule has 0 spiro atoms. The summed E-state index contributed by atoms with van der Waals surface area (Å²) in [5.41, 5.74) is 0. The zero-order valence-electron chi connectivity index (χ0n) is 10.6. The van der Waals surface area contributed by atoms with Gasteiger partial charge in [-0.15, -0.1) is 0 Å². The van der Waals surface area contributed by atoms with Crippen LogP contribution in [-0.4, -0.2) is 13.1 Å². The van der Waals surface area contributed by atoms with Gasteiger partial charge in [0.1, 0.15) is 0 Å². The van der Waals surface area contributed by atoms with E-state index in [0.29, 0.717) is 6.42 Å². The van der Waals surface area contributed by atoms with Crippen molar-refractivity contribution in [3.8, 4) is 0 Å². The lowest BCUT2D eigenvalue weighted by Crippen LogP contribution is -1.97. The molecule has 0 aliphatic carbocycles. The maximum atomic E-state index is 10.8. The summed E-state index contributed by atoms with van der Waals surface area (Å²) in [7, 11) is 1.42. The van der Waals surface area contributed by atoms with E-state index < -0.39 is 0 Å². The third-order valence-electron chi connectivity index (χ3n) is 2.32. The van der Waals surface area contributed by atoms with Gasteiger partial charge in [0.25, 0.3) is 0 Å². The summed E-state index contributed by atoms with van der Waals surface area (Å²) in [5.74, 6) is -0.139. The lowest BCUT2D eigenvalue weighted by atomic mass is 10.2. The van der Waals surface area contributed by atoms with Crippen LogP contribution in [0.4, 0.5) is 0 Å². The highest BCUT2D eigenvalue weighted by Gasteiger charge is 1.94. The molecule has 0 radical (unpaired) electrons. The van der Waals surface area contributed by atoms with Gasteiger partial charge in [0.2, 0.25) is 0 Å². The fourth-order valence-corrected chi connectivity index (χ4v) is 1.32. The Morgan fingerprint density at radius 3 is 2.38 bits per heavy atom. The smallest absolute Gasteiger partial charge is 0.305 e. The second-order valence-electron chi connectivity index (χ2n) is 3.79. The normalized spacial score (nSPS) is 11.4. The Balaban J connectivity index is 3.29. The van der Waals surface area contributed by atoms with E-state index in [-0.39, 0.29) is 5.97 Å². The number of allylic oxidation sites excluding steroid dienone is 4. The quantitative estimate of drug-likeness (QED) is 0.336. The Hall–Kier alpha value is -1.05. The largest absolute Gasteiger partial charge is 0.469 e. The number of ether oxygens (including phenoxy) is 1. The maximum Gasteiger partial charge on any atom is 0.305 e. The molecular formula is C14H24O2. The van der Waals surface area contributed by atoms with Gasteiger partial charge < -0.3 is 4.74 Å². The third kappa shape index (κ3) is 11.0. The summed E-state index contributed by atoms with van der Waals surface area (Å²) in [6.45, 7) is 2.22. The van der Waals surface area contributed by atoms with E-state index in [9.17, 15) is 4.79 Å². The van der Waals surface area contributed by atoms with Crippen LogP contribution in [0.25, 0.3) is 0 Å². The molecule has 0 heterocycles. The number of esters is 1. The number of hydrogen-bond acceptors (Lipinski definition) is 2. The number of hydrogen-bond donors (Lipinski definition) is 0. The summed E-state index contributed by atoms with van der Waals surface area (Å²) >= 11 is 0. The molecule has 0 saturated carbocycles. The Morgan fingerprint density at radius 2 is 1.75 bits per heavy atom. The van der Waals surface area contributed by atoms with Crippen molar-refractivity contribution in [1.82, 2.24) is 0 Å². The van der Waals surface area contributed by atoms with Crippen LogP contribution in [0.1, 0.15) is 51.9 Å². The fraction of sp³-hybridized carbons (Fsp3) is 0.643. The summed E-state index contributed by atoms with van der Waals surface area (Å²) in [6, 6.07) is 0. The van der Waals surface area contributed by atoms with Gasteiger partial charge in [0.05, 0.1) is 7.11 Å². The molecule has 0 aromatic rings. The first-order valence-electron chi connectivity index (χ1n) is 6.18. The first-order chi connectivity index (χ1) is 7.81. The van der Waals surface area contributed by atoms with Crippen molar-refractivity contribution in [3.63, 3.8) is 0 Å². The molecule has 0 aromatic heterocycles. The third-order valence-corrected chi connectivity index (χ3v) is 2.32. The van der Waals surface area contributed by atoms with Crippen LogP contribution in [0.15, 0.2) is 24.3 Å². The van der Waals surface area contributed by atoms with E-state index in [1.807, 2.05) is 6.08 Å². The van der Waals surface area contributed by atoms with Gasteiger partial charge in [-0.3, -0.25) is 4.79 Å². The average molecular weight is 224 g/mol. The molecule has 0 atom stereocenters. The van der Waals surface area contributed by atoms with Crippen LogP contribution < -0.4 is 0 Å². The molecule has 0 N–H and O–H groups in total. The predicted octanol–water partition coefficient (Wildman–Crippen LogP) is 4.02. The molecule has 2 nitrogen and oxygen atoms in total. The van der Waals surface area contributed by atoms with E-state index in [1.54, 1.807) is 0 Å². The molecule has 0 fully saturated rings. The topological polar surface area (TPSA) is 26.3 Å². The Bertz CT molecular complexity index is 217. The number of methoxy groups -OCH3 is 1. The van der Waals surface area contributed by atoms with Gasteiger partial charge in [0.15, 0.2) is 0 Å². The molecule has 0 rings (SSSR count). The van der Waals surface area contributed by atoms with Crippen LogP contribution in [0.2, 0.25) is 0 Å². The Morgan fingerprint density at radius 1 is 1.06 bits per heavy atom. The van der Waals surface area contributed by atoms with Crippen LogP contribution in [0.5, 0.6) is 0 Å². The van der Waals surface area contributed by atoms with Crippen molar-refractivity contribution in [1.29, 1.82) is 0 Å². The van der Waals surface area contributed by atoms with E-state index in [4.69, 9.17) is 0 Å². The molecule has 2 heteroatoms. The maximum absolute atomic E-state index is 10.8. The van der Waals surface area contributed by atoms with Gasteiger partial charge in [-0.2, -0.15) is 0 Å².